The van der Waals surface area contributed by atoms with Crippen LogP contribution in [0.1, 0.15) is 37.0 Å². The highest BCUT2D eigenvalue weighted by Gasteiger charge is 2.23. The number of carbonyl (C=O) groups excluding carboxylic acids is 2. The van der Waals surface area contributed by atoms with E-state index >= 15 is 0 Å². The van der Waals surface area contributed by atoms with Gasteiger partial charge in [-0.2, -0.15) is 0 Å². The van der Waals surface area contributed by atoms with E-state index in [2.05, 4.69) is 5.32 Å². The van der Waals surface area contributed by atoms with Gasteiger partial charge in [0.05, 0.1) is 23.3 Å². The van der Waals surface area contributed by atoms with Crippen LogP contribution in [-0.2, 0) is 19.6 Å². The van der Waals surface area contributed by atoms with E-state index in [9.17, 15) is 18.0 Å². The molecule has 0 saturated heterocycles. The molecule has 0 unspecified atom stereocenters. The van der Waals surface area contributed by atoms with Gasteiger partial charge in [0.2, 0.25) is 0 Å². The first-order valence-corrected chi connectivity index (χ1v) is 11.3. The summed E-state index contributed by atoms with van der Waals surface area (Å²) >= 11 is 0. The lowest BCUT2D eigenvalue weighted by atomic mass is 10.2. The molecule has 1 atom stereocenters. The predicted molar refractivity (Wildman–Crippen MR) is 118 cm³/mol. The highest BCUT2D eigenvalue weighted by molar-refractivity contribution is 7.92. The molecule has 0 aliphatic carbocycles. The lowest BCUT2D eigenvalue weighted by Gasteiger charge is -2.20. The molecule has 0 spiro atoms. The maximum atomic E-state index is 13.0. The van der Waals surface area contributed by atoms with Crippen LogP contribution in [0.25, 0.3) is 0 Å². The molecule has 2 aromatic rings. The number of nitrogens with one attached hydrogen (secondary N) is 1. The third-order valence-corrected chi connectivity index (χ3v) is 6.41. The highest BCUT2D eigenvalue weighted by Crippen LogP contribution is 2.24. The molecule has 8 nitrogen and oxygen atoms in total. The van der Waals surface area contributed by atoms with Gasteiger partial charge in [-0.15, -0.1) is 0 Å². The van der Waals surface area contributed by atoms with Crippen molar-refractivity contribution in [1.82, 2.24) is 5.32 Å². The van der Waals surface area contributed by atoms with Crippen molar-refractivity contribution in [3.05, 3.63) is 54.1 Å². The quantitative estimate of drug-likeness (QED) is 0.561. The first-order valence-electron chi connectivity index (χ1n) is 9.88. The fraction of sp³-hybridized carbons (Fsp3) is 0.364. The molecule has 9 heteroatoms. The highest BCUT2D eigenvalue weighted by atomic mass is 32.2. The number of ether oxygens (including phenoxy) is 2. The lowest BCUT2D eigenvalue weighted by Crippen LogP contribution is -2.35. The van der Waals surface area contributed by atoms with Gasteiger partial charge in [-0.1, -0.05) is 19.4 Å². The number of sulfonamides is 1. The van der Waals surface area contributed by atoms with E-state index in [0.29, 0.717) is 11.4 Å². The topological polar surface area (TPSA) is 102 Å². The van der Waals surface area contributed by atoms with Crippen molar-refractivity contribution < 1.29 is 27.5 Å². The zero-order valence-electron chi connectivity index (χ0n) is 18.1. The summed E-state index contributed by atoms with van der Waals surface area (Å²) in [6, 6.07) is 12.0. The number of benzene rings is 2. The van der Waals surface area contributed by atoms with Gasteiger partial charge >= 0.3 is 5.97 Å². The number of methoxy groups -OCH3 is 1. The Morgan fingerprint density at radius 3 is 2.42 bits per heavy atom. The minimum absolute atomic E-state index is 0.0156. The molecule has 31 heavy (non-hydrogen) atoms. The second-order valence-electron chi connectivity index (χ2n) is 7.03. The molecule has 0 saturated carbocycles. The second kappa shape index (κ2) is 10.8. The Hall–Kier alpha value is -3.07. The molecule has 0 heterocycles. The van der Waals surface area contributed by atoms with Crippen LogP contribution < -0.4 is 14.4 Å². The van der Waals surface area contributed by atoms with Gasteiger partial charge < -0.3 is 14.8 Å². The lowest BCUT2D eigenvalue weighted by molar-refractivity contribution is -0.124. The molecular weight excluding hydrogens is 420 g/mol. The first kappa shape index (κ1) is 24.2. The molecule has 2 rings (SSSR count). The van der Waals surface area contributed by atoms with Crippen molar-refractivity contribution in [2.24, 2.45) is 0 Å². The molecule has 0 aliphatic heterocycles. The molecule has 0 radical (unpaired) electrons. The van der Waals surface area contributed by atoms with Crippen LogP contribution in [0.2, 0.25) is 0 Å². The van der Waals surface area contributed by atoms with E-state index in [1.165, 1.54) is 38.4 Å². The molecule has 0 bridgehead atoms. The molecule has 0 fully saturated rings. The van der Waals surface area contributed by atoms with E-state index in [1.54, 1.807) is 24.3 Å². The van der Waals surface area contributed by atoms with Crippen LogP contribution >= 0.6 is 0 Å². The van der Waals surface area contributed by atoms with E-state index in [-0.39, 0.29) is 16.5 Å². The van der Waals surface area contributed by atoms with Gasteiger partial charge in [-0.05, 0) is 55.8 Å². The molecule has 2 aromatic carbocycles. The normalized spacial score (nSPS) is 12.0. The number of nitrogens with zero attached hydrogens (tertiary/aromatic N) is 1. The summed E-state index contributed by atoms with van der Waals surface area (Å²) in [5, 5.41) is 2.74. The van der Waals surface area contributed by atoms with Gasteiger partial charge in [-0.3, -0.25) is 9.10 Å². The van der Waals surface area contributed by atoms with Crippen molar-refractivity contribution in [2.45, 2.75) is 37.6 Å². The zero-order valence-corrected chi connectivity index (χ0v) is 18.9. The average molecular weight is 449 g/mol. The summed E-state index contributed by atoms with van der Waals surface area (Å²) in [4.78, 5) is 24.1. The summed E-state index contributed by atoms with van der Waals surface area (Å²) in [5.74, 6) is -0.577. The maximum Gasteiger partial charge on any atom is 0.338 e. The summed E-state index contributed by atoms with van der Waals surface area (Å²) in [7, 11) is -0.972. The van der Waals surface area contributed by atoms with E-state index in [1.807, 2.05) is 13.8 Å². The number of anilines is 1. The summed E-state index contributed by atoms with van der Waals surface area (Å²) < 4.78 is 37.2. The van der Waals surface area contributed by atoms with Crippen molar-refractivity contribution in [3.8, 4) is 5.75 Å². The van der Waals surface area contributed by atoms with E-state index in [4.69, 9.17) is 9.47 Å². The molecule has 1 N–H and O–H groups in total. The predicted octanol–water partition coefficient (Wildman–Crippen LogP) is 2.98. The molecule has 0 aliphatic rings. The number of esters is 1. The van der Waals surface area contributed by atoms with Crippen molar-refractivity contribution in [1.29, 1.82) is 0 Å². The first-order chi connectivity index (χ1) is 14.7. The maximum absolute atomic E-state index is 13.0. The number of carbonyl (C=O) groups is 2. The van der Waals surface area contributed by atoms with Crippen LogP contribution in [0.5, 0.6) is 5.75 Å². The number of amides is 1. The SMILES string of the molecule is CCC[C@@H](C)NC(=O)COC(=O)c1cccc(S(=O)(=O)N(C)c2ccc(OC)cc2)c1. The Labute approximate surface area is 183 Å². The van der Waals surface area contributed by atoms with E-state index < -0.39 is 28.5 Å². The minimum Gasteiger partial charge on any atom is -0.497 e. The molecule has 1 amide bonds. The van der Waals surface area contributed by atoms with Gasteiger partial charge in [0.1, 0.15) is 5.75 Å². The largest absolute Gasteiger partial charge is 0.497 e. The standard InChI is InChI=1S/C22H28N2O6S/c1-5-7-16(2)23-21(25)15-30-22(26)17-8-6-9-20(14-17)31(27,28)24(3)18-10-12-19(29-4)13-11-18/h6,8-14,16H,5,7,15H2,1-4H3,(H,23,25)/t16-/m1/s1. The smallest absolute Gasteiger partial charge is 0.338 e. The Balaban J connectivity index is 2.10. The Bertz CT molecular complexity index is 1000. The van der Waals surface area contributed by atoms with Gasteiger partial charge in [0.25, 0.3) is 15.9 Å². The zero-order chi connectivity index (χ0) is 23.0. The molecule has 168 valence electrons. The van der Waals surface area contributed by atoms with Crippen LogP contribution in [-0.4, -0.2) is 47.1 Å². The van der Waals surface area contributed by atoms with Crippen molar-refractivity contribution >= 4 is 27.6 Å². The second-order valence-corrected chi connectivity index (χ2v) is 9.00. The van der Waals surface area contributed by atoms with Crippen LogP contribution in [0, 0.1) is 0 Å². The van der Waals surface area contributed by atoms with Crippen LogP contribution in [0.3, 0.4) is 0 Å². The summed E-state index contributed by atoms with van der Waals surface area (Å²) in [6.07, 6.45) is 1.74. The molecule has 0 aromatic heterocycles. The summed E-state index contributed by atoms with van der Waals surface area (Å²) in [6.45, 7) is 3.45. The fourth-order valence-corrected chi connectivity index (χ4v) is 4.15. The van der Waals surface area contributed by atoms with Gasteiger partial charge in [0, 0.05) is 13.1 Å². The third-order valence-electron chi connectivity index (χ3n) is 4.63. The van der Waals surface area contributed by atoms with Crippen molar-refractivity contribution in [2.75, 3.05) is 25.1 Å². The number of rotatable bonds is 10. The van der Waals surface area contributed by atoms with E-state index in [0.717, 1.165) is 17.1 Å². The van der Waals surface area contributed by atoms with Crippen molar-refractivity contribution in [3.63, 3.8) is 0 Å². The molecular formula is C22H28N2O6S. The van der Waals surface area contributed by atoms with Crippen LogP contribution in [0.4, 0.5) is 5.69 Å². The third kappa shape index (κ3) is 6.45. The Morgan fingerprint density at radius 1 is 1.13 bits per heavy atom. The minimum atomic E-state index is -3.92. The fourth-order valence-electron chi connectivity index (χ4n) is 2.91. The number of hydrogen-bond acceptors (Lipinski definition) is 6. The monoisotopic (exact) mass is 448 g/mol. The Morgan fingerprint density at radius 2 is 1.81 bits per heavy atom. The van der Waals surface area contributed by atoms with Gasteiger partial charge in [-0.25, -0.2) is 13.2 Å². The Kier molecular flexibility index (Phi) is 8.44. The van der Waals surface area contributed by atoms with Gasteiger partial charge in [0.15, 0.2) is 6.61 Å². The summed E-state index contributed by atoms with van der Waals surface area (Å²) in [5.41, 5.74) is 0.477. The average Bonchev–Trinajstić information content (AvgIpc) is 2.77. The van der Waals surface area contributed by atoms with Crippen LogP contribution in [0.15, 0.2) is 53.4 Å². The number of hydrogen-bond donors (Lipinski definition) is 1.